The van der Waals surface area contributed by atoms with E-state index in [1.165, 1.54) is 12.1 Å². The van der Waals surface area contributed by atoms with Crippen LogP contribution in [0.1, 0.15) is 29.8 Å². The van der Waals surface area contributed by atoms with E-state index in [0.29, 0.717) is 24.5 Å². The normalized spacial score (nSPS) is 18.6. The van der Waals surface area contributed by atoms with Gasteiger partial charge in [-0.2, -0.15) is 0 Å². The molecule has 7 heteroatoms. The minimum atomic E-state index is -1.11. The molecule has 1 aliphatic rings. The molecule has 4 N–H and O–H groups in total. The van der Waals surface area contributed by atoms with Crippen molar-refractivity contribution in [2.24, 2.45) is 0 Å². The predicted octanol–water partition coefficient (Wildman–Crippen LogP) is 0.467. The van der Waals surface area contributed by atoms with Gasteiger partial charge in [0.2, 0.25) is 5.91 Å². The molecule has 1 atom stereocenters. The van der Waals surface area contributed by atoms with Crippen LogP contribution in [0.25, 0.3) is 0 Å². The number of nitrogens with two attached hydrogens (primary N) is 1. The number of likely N-dealkylation sites (N-methyl/N-ethyl adjacent to an activating group) is 1. The number of carbonyl (C=O) groups excluding carboxylic acids is 1. The number of piperidine rings is 1. The highest BCUT2D eigenvalue weighted by Gasteiger charge is 2.30. The SMILES string of the molecule is CNC(=O)C1CCCCN1c1nc(C(=O)O)ccc1N. The number of nitrogens with zero attached hydrogens (tertiary/aromatic N) is 2. The summed E-state index contributed by atoms with van der Waals surface area (Å²) in [5.41, 5.74) is 6.20. The summed E-state index contributed by atoms with van der Waals surface area (Å²) in [7, 11) is 1.58. The number of hydrogen-bond acceptors (Lipinski definition) is 5. The Morgan fingerprint density at radius 3 is 2.85 bits per heavy atom. The van der Waals surface area contributed by atoms with Gasteiger partial charge in [-0.05, 0) is 31.4 Å². The van der Waals surface area contributed by atoms with Gasteiger partial charge in [-0.1, -0.05) is 0 Å². The van der Waals surface area contributed by atoms with Gasteiger partial charge in [0.15, 0.2) is 11.5 Å². The van der Waals surface area contributed by atoms with Crippen molar-refractivity contribution >= 4 is 23.4 Å². The van der Waals surface area contributed by atoms with Crippen molar-refractivity contribution in [2.45, 2.75) is 25.3 Å². The van der Waals surface area contributed by atoms with Crippen LogP contribution in [0.15, 0.2) is 12.1 Å². The molecular formula is C13H18N4O3. The van der Waals surface area contributed by atoms with Gasteiger partial charge in [-0.25, -0.2) is 9.78 Å². The van der Waals surface area contributed by atoms with Gasteiger partial charge >= 0.3 is 5.97 Å². The van der Waals surface area contributed by atoms with E-state index in [0.717, 1.165) is 12.8 Å². The monoisotopic (exact) mass is 278 g/mol. The molecule has 7 nitrogen and oxygen atoms in total. The number of amides is 1. The first-order valence-electron chi connectivity index (χ1n) is 6.52. The van der Waals surface area contributed by atoms with Crippen LogP contribution in [0, 0.1) is 0 Å². The molecule has 0 bridgehead atoms. The highest BCUT2D eigenvalue weighted by molar-refractivity contribution is 5.89. The van der Waals surface area contributed by atoms with E-state index in [1.807, 2.05) is 0 Å². The first-order chi connectivity index (χ1) is 9.54. The van der Waals surface area contributed by atoms with Crippen molar-refractivity contribution in [2.75, 3.05) is 24.2 Å². The number of carboxylic acids is 1. The van der Waals surface area contributed by atoms with E-state index in [-0.39, 0.29) is 17.6 Å². The number of nitrogens with one attached hydrogen (secondary N) is 1. The third-order valence-electron chi connectivity index (χ3n) is 3.45. The highest BCUT2D eigenvalue weighted by atomic mass is 16.4. The van der Waals surface area contributed by atoms with E-state index < -0.39 is 5.97 Å². The van der Waals surface area contributed by atoms with Crippen molar-refractivity contribution in [1.29, 1.82) is 0 Å². The highest BCUT2D eigenvalue weighted by Crippen LogP contribution is 2.28. The van der Waals surface area contributed by atoms with Crippen LogP contribution in [0.2, 0.25) is 0 Å². The fraction of sp³-hybridized carbons (Fsp3) is 0.462. The lowest BCUT2D eigenvalue weighted by atomic mass is 10.0. The van der Waals surface area contributed by atoms with Gasteiger partial charge in [0.05, 0.1) is 5.69 Å². The number of anilines is 2. The molecule has 0 saturated carbocycles. The maximum atomic E-state index is 11.9. The molecule has 0 aromatic carbocycles. The zero-order valence-corrected chi connectivity index (χ0v) is 11.3. The number of aromatic nitrogens is 1. The topological polar surface area (TPSA) is 109 Å². The number of pyridine rings is 1. The molecule has 20 heavy (non-hydrogen) atoms. The molecule has 1 aliphatic heterocycles. The summed E-state index contributed by atoms with van der Waals surface area (Å²) in [6, 6.07) is 2.52. The zero-order valence-electron chi connectivity index (χ0n) is 11.3. The van der Waals surface area contributed by atoms with Crippen molar-refractivity contribution in [1.82, 2.24) is 10.3 Å². The molecule has 2 heterocycles. The molecule has 0 spiro atoms. The molecule has 108 valence electrons. The second-order valence-corrected chi connectivity index (χ2v) is 4.73. The Kier molecular flexibility index (Phi) is 4.07. The van der Waals surface area contributed by atoms with E-state index in [1.54, 1.807) is 11.9 Å². The number of carboxylic acid groups (broad SMARTS) is 1. The molecule has 1 amide bonds. The molecule has 2 rings (SSSR count). The number of hydrogen-bond donors (Lipinski definition) is 3. The van der Waals surface area contributed by atoms with E-state index in [9.17, 15) is 9.59 Å². The van der Waals surface area contributed by atoms with Crippen molar-refractivity contribution < 1.29 is 14.7 Å². The summed E-state index contributed by atoms with van der Waals surface area (Å²) in [5.74, 6) is -0.843. The van der Waals surface area contributed by atoms with Gasteiger partial charge in [0.1, 0.15) is 6.04 Å². The van der Waals surface area contributed by atoms with Crippen molar-refractivity contribution in [3.05, 3.63) is 17.8 Å². The van der Waals surface area contributed by atoms with Crippen LogP contribution in [-0.2, 0) is 4.79 Å². The lowest BCUT2D eigenvalue weighted by molar-refractivity contribution is -0.122. The fourth-order valence-electron chi connectivity index (χ4n) is 2.43. The summed E-state index contributed by atoms with van der Waals surface area (Å²) >= 11 is 0. The van der Waals surface area contributed by atoms with Gasteiger partial charge in [0.25, 0.3) is 0 Å². The summed E-state index contributed by atoms with van der Waals surface area (Å²) in [4.78, 5) is 28.8. The van der Waals surface area contributed by atoms with E-state index in [4.69, 9.17) is 10.8 Å². The lowest BCUT2D eigenvalue weighted by Gasteiger charge is -2.36. The Balaban J connectivity index is 2.39. The maximum absolute atomic E-state index is 11.9. The minimum Gasteiger partial charge on any atom is -0.477 e. The Morgan fingerprint density at radius 2 is 2.20 bits per heavy atom. The number of rotatable bonds is 3. The van der Waals surface area contributed by atoms with Crippen LogP contribution in [0.4, 0.5) is 11.5 Å². The van der Waals surface area contributed by atoms with Crippen molar-refractivity contribution in [3.63, 3.8) is 0 Å². The van der Waals surface area contributed by atoms with Crippen LogP contribution in [0.3, 0.4) is 0 Å². The molecule has 0 radical (unpaired) electrons. The zero-order chi connectivity index (χ0) is 14.7. The second-order valence-electron chi connectivity index (χ2n) is 4.73. The van der Waals surface area contributed by atoms with Crippen LogP contribution in [-0.4, -0.2) is 41.6 Å². The van der Waals surface area contributed by atoms with Crippen LogP contribution < -0.4 is 16.0 Å². The Bertz CT molecular complexity index is 532. The summed E-state index contributed by atoms with van der Waals surface area (Å²) in [5, 5.41) is 11.6. The molecule has 1 aromatic heterocycles. The summed E-state index contributed by atoms with van der Waals surface area (Å²) in [6.07, 6.45) is 2.58. The molecular weight excluding hydrogens is 260 g/mol. The number of aromatic carboxylic acids is 1. The summed E-state index contributed by atoms with van der Waals surface area (Å²) in [6.45, 7) is 0.637. The summed E-state index contributed by atoms with van der Waals surface area (Å²) < 4.78 is 0. The van der Waals surface area contributed by atoms with Gasteiger partial charge in [0, 0.05) is 13.6 Å². The third kappa shape index (κ3) is 2.66. The largest absolute Gasteiger partial charge is 0.477 e. The number of carbonyl (C=O) groups is 2. The molecule has 1 aromatic rings. The molecule has 1 saturated heterocycles. The average Bonchev–Trinajstić information content (AvgIpc) is 2.46. The maximum Gasteiger partial charge on any atom is 0.354 e. The predicted molar refractivity (Wildman–Crippen MR) is 74.7 cm³/mol. The molecule has 1 fully saturated rings. The fourth-order valence-corrected chi connectivity index (χ4v) is 2.43. The van der Waals surface area contributed by atoms with E-state index in [2.05, 4.69) is 10.3 Å². The second kappa shape index (κ2) is 5.77. The molecule has 0 aliphatic carbocycles. The standard InChI is InChI=1S/C13H18N4O3/c1-15-12(18)10-4-2-3-7-17(10)11-8(14)5-6-9(16-11)13(19)20/h5-6,10H,2-4,7,14H2,1H3,(H,15,18)(H,19,20). The van der Waals surface area contributed by atoms with Gasteiger partial charge in [-0.15, -0.1) is 0 Å². The Hall–Kier alpha value is -2.31. The van der Waals surface area contributed by atoms with E-state index >= 15 is 0 Å². The average molecular weight is 278 g/mol. The van der Waals surface area contributed by atoms with Gasteiger partial charge in [-0.3, -0.25) is 4.79 Å². The Labute approximate surface area is 116 Å². The first-order valence-corrected chi connectivity index (χ1v) is 6.52. The van der Waals surface area contributed by atoms with Crippen molar-refractivity contribution in [3.8, 4) is 0 Å². The lowest BCUT2D eigenvalue weighted by Crippen LogP contribution is -2.49. The van der Waals surface area contributed by atoms with Crippen LogP contribution >= 0.6 is 0 Å². The Morgan fingerprint density at radius 1 is 1.45 bits per heavy atom. The quantitative estimate of drug-likeness (QED) is 0.741. The van der Waals surface area contributed by atoms with Gasteiger partial charge < -0.3 is 21.1 Å². The number of nitrogen functional groups attached to an aromatic ring is 1. The first kappa shape index (κ1) is 14.1. The van der Waals surface area contributed by atoms with Crippen LogP contribution in [0.5, 0.6) is 0 Å². The smallest absolute Gasteiger partial charge is 0.354 e. The minimum absolute atomic E-state index is 0.0737. The molecule has 1 unspecified atom stereocenters. The third-order valence-corrected chi connectivity index (χ3v) is 3.45.